The van der Waals surface area contributed by atoms with Crippen molar-refractivity contribution in [2.24, 2.45) is 17.6 Å². The molecule has 0 aromatic rings. The molecule has 5 N–H and O–H groups in total. The van der Waals surface area contributed by atoms with Gasteiger partial charge in [-0.3, -0.25) is 20.2 Å². The number of allylic oxidation sites excluding steroid dienone is 1. The minimum Gasteiger partial charge on any atom is -0.481 e. The number of carbonyl (C=O) groups is 2. The van der Waals surface area contributed by atoms with E-state index >= 15 is 0 Å². The lowest BCUT2D eigenvalue weighted by atomic mass is 9.76. The number of nitrogens with one attached hydrogen (secondary N) is 2. The number of carboxylic acid groups (broad SMARTS) is 1. The summed E-state index contributed by atoms with van der Waals surface area (Å²) in [6, 6.07) is -0.0897. The SMILES string of the molecule is NC1NC2OC3CCC(C4=CCCCC4)NC3C(=O)C2CC1C(=O)O. The van der Waals surface area contributed by atoms with Crippen molar-refractivity contribution in [3.63, 3.8) is 0 Å². The monoisotopic (exact) mass is 349 g/mol. The Balaban J connectivity index is 1.49. The lowest BCUT2D eigenvalue weighted by molar-refractivity contribution is -0.175. The van der Waals surface area contributed by atoms with Gasteiger partial charge in [-0.05, 0) is 44.9 Å². The Morgan fingerprint density at radius 1 is 1.28 bits per heavy atom. The van der Waals surface area contributed by atoms with Crippen molar-refractivity contribution in [2.75, 3.05) is 0 Å². The van der Waals surface area contributed by atoms with Gasteiger partial charge in [-0.15, -0.1) is 0 Å². The molecular weight excluding hydrogens is 322 g/mol. The molecule has 0 spiro atoms. The van der Waals surface area contributed by atoms with Gasteiger partial charge >= 0.3 is 5.97 Å². The third-order valence-corrected chi connectivity index (χ3v) is 6.24. The van der Waals surface area contributed by atoms with Gasteiger partial charge in [-0.2, -0.15) is 0 Å². The number of Topliss-reactive ketones (excluding diaryl/α,β-unsaturated/α-hetero) is 1. The van der Waals surface area contributed by atoms with Gasteiger partial charge in [0.2, 0.25) is 0 Å². The van der Waals surface area contributed by atoms with Gasteiger partial charge in [0.05, 0.1) is 30.1 Å². The van der Waals surface area contributed by atoms with Gasteiger partial charge in [-0.25, -0.2) is 0 Å². The summed E-state index contributed by atoms with van der Waals surface area (Å²) in [4.78, 5) is 24.5. The fraction of sp³-hybridized carbons (Fsp3) is 0.778. The summed E-state index contributed by atoms with van der Waals surface area (Å²) in [5.41, 5.74) is 7.34. The maximum atomic E-state index is 13.1. The number of hydrogen-bond acceptors (Lipinski definition) is 6. The van der Waals surface area contributed by atoms with Crippen molar-refractivity contribution >= 4 is 11.8 Å². The van der Waals surface area contributed by atoms with Crippen molar-refractivity contribution in [3.05, 3.63) is 11.6 Å². The molecule has 7 nitrogen and oxygen atoms in total. The van der Waals surface area contributed by atoms with Crippen molar-refractivity contribution in [1.82, 2.24) is 10.6 Å². The quantitative estimate of drug-likeness (QED) is 0.537. The van der Waals surface area contributed by atoms with E-state index in [1.54, 1.807) is 0 Å². The van der Waals surface area contributed by atoms with E-state index in [-0.39, 0.29) is 30.4 Å². The molecule has 4 aliphatic rings. The van der Waals surface area contributed by atoms with Crippen LogP contribution in [-0.4, -0.2) is 47.4 Å². The number of ether oxygens (including phenoxy) is 1. The smallest absolute Gasteiger partial charge is 0.309 e. The normalized spacial score (nSPS) is 44.4. The standard InChI is InChI=1S/C18H27N3O4/c19-16-11(18(23)24)8-10-15(22)14-13(25-17(10)21-16)7-6-12(20-14)9-4-2-1-3-5-9/h4,10-14,16-17,20-21H,1-3,5-8,19H2,(H,23,24). The molecule has 3 fully saturated rings. The predicted molar refractivity (Wildman–Crippen MR) is 90.5 cm³/mol. The second kappa shape index (κ2) is 6.79. The largest absolute Gasteiger partial charge is 0.481 e. The number of ketones is 1. The number of aliphatic carboxylic acids is 1. The lowest BCUT2D eigenvalue weighted by Crippen LogP contribution is -2.69. The van der Waals surface area contributed by atoms with Crippen LogP contribution in [-0.2, 0) is 14.3 Å². The van der Waals surface area contributed by atoms with Crippen LogP contribution < -0.4 is 16.4 Å². The summed E-state index contributed by atoms with van der Waals surface area (Å²) < 4.78 is 6.11. The number of fused-ring (bicyclic) bond motifs is 2. The highest BCUT2D eigenvalue weighted by Crippen LogP contribution is 2.36. The maximum Gasteiger partial charge on any atom is 0.309 e. The van der Waals surface area contributed by atoms with E-state index in [1.807, 2.05) is 0 Å². The third-order valence-electron chi connectivity index (χ3n) is 6.24. The van der Waals surface area contributed by atoms with Crippen LogP contribution in [0.3, 0.4) is 0 Å². The summed E-state index contributed by atoms with van der Waals surface area (Å²) >= 11 is 0. The molecule has 3 heterocycles. The Hall–Kier alpha value is -1.28. The number of hydrogen-bond donors (Lipinski definition) is 4. The van der Waals surface area contributed by atoms with Crippen LogP contribution in [0.15, 0.2) is 11.6 Å². The minimum absolute atomic E-state index is 0.0769. The summed E-state index contributed by atoms with van der Waals surface area (Å²) in [5, 5.41) is 15.9. The maximum absolute atomic E-state index is 13.1. The van der Waals surface area contributed by atoms with E-state index in [1.165, 1.54) is 18.4 Å². The number of rotatable bonds is 2. The molecule has 0 aromatic carbocycles. The molecule has 0 radical (unpaired) electrons. The molecule has 7 unspecified atom stereocenters. The molecule has 1 aliphatic carbocycles. The van der Waals surface area contributed by atoms with Crippen molar-refractivity contribution < 1.29 is 19.4 Å². The Kier molecular flexibility index (Phi) is 4.66. The van der Waals surface area contributed by atoms with Gasteiger partial charge in [0.25, 0.3) is 0 Å². The average Bonchev–Trinajstić information content (AvgIpc) is 2.62. The molecule has 0 bridgehead atoms. The van der Waals surface area contributed by atoms with Crippen molar-refractivity contribution in [1.29, 1.82) is 0 Å². The van der Waals surface area contributed by atoms with Crippen LogP contribution in [0.5, 0.6) is 0 Å². The van der Waals surface area contributed by atoms with E-state index < -0.39 is 30.2 Å². The summed E-state index contributed by atoms with van der Waals surface area (Å²) in [6.45, 7) is 0. The number of nitrogens with two attached hydrogens (primary N) is 1. The molecule has 3 aliphatic heterocycles. The topological polar surface area (TPSA) is 114 Å². The molecular formula is C18H27N3O4. The van der Waals surface area contributed by atoms with Crippen LogP contribution in [0.25, 0.3) is 0 Å². The van der Waals surface area contributed by atoms with Crippen LogP contribution in [0, 0.1) is 11.8 Å². The molecule has 0 amide bonds. The zero-order chi connectivity index (χ0) is 17.6. The van der Waals surface area contributed by atoms with Crippen LogP contribution in [0.1, 0.15) is 44.9 Å². The van der Waals surface area contributed by atoms with E-state index in [4.69, 9.17) is 10.5 Å². The van der Waals surface area contributed by atoms with E-state index in [9.17, 15) is 14.7 Å². The first-order valence-electron chi connectivity index (χ1n) is 9.43. The van der Waals surface area contributed by atoms with E-state index in [2.05, 4.69) is 16.7 Å². The van der Waals surface area contributed by atoms with E-state index in [0.29, 0.717) is 0 Å². The van der Waals surface area contributed by atoms with Gasteiger partial charge in [-0.1, -0.05) is 11.6 Å². The molecule has 4 rings (SSSR count). The highest BCUT2D eigenvalue weighted by atomic mass is 16.5. The van der Waals surface area contributed by atoms with Gasteiger partial charge in [0.15, 0.2) is 5.78 Å². The summed E-state index contributed by atoms with van der Waals surface area (Å²) in [7, 11) is 0. The second-order valence-corrected chi connectivity index (χ2v) is 7.78. The number of carboxylic acids is 1. The Bertz CT molecular complexity index is 593. The molecule has 3 saturated heterocycles. The predicted octanol–water partition coefficient (Wildman–Crippen LogP) is 0.496. The van der Waals surface area contributed by atoms with Crippen LogP contribution in [0.4, 0.5) is 0 Å². The fourth-order valence-electron chi connectivity index (χ4n) is 4.83. The molecule has 7 heteroatoms. The first-order valence-corrected chi connectivity index (χ1v) is 9.43. The highest BCUT2D eigenvalue weighted by Gasteiger charge is 2.51. The molecule has 25 heavy (non-hydrogen) atoms. The fourth-order valence-corrected chi connectivity index (χ4v) is 4.83. The molecule has 138 valence electrons. The second-order valence-electron chi connectivity index (χ2n) is 7.78. The van der Waals surface area contributed by atoms with E-state index in [0.717, 1.165) is 25.7 Å². The van der Waals surface area contributed by atoms with Gasteiger partial charge in [0.1, 0.15) is 6.23 Å². The van der Waals surface area contributed by atoms with Crippen molar-refractivity contribution in [2.45, 2.75) is 75.5 Å². The zero-order valence-electron chi connectivity index (χ0n) is 14.3. The lowest BCUT2D eigenvalue weighted by Gasteiger charge is -2.49. The first kappa shape index (κ1) is 17.1. The molecule has 7 atom stereocenters. The van der Waals surface area contributed by atoms with Gasteiger partial charge in [0, 0.05) is 6.04 Å². The Morgan fingerprint density at radius 3 is 2.84 bits per heavy atom. The van der Waals surface area contributed by atoms with Gasteiger partial charge < -0.3 is 15.6 Å². The zero-order valence-corrected chi connectivity index (χ0v) is 14.3. The van der Waals surface area contributed by atoms with Crippen LogP contribution in [0.2, 0.25) is 0 Å². The summed E-state index contributed by atoms with van der Waals surface area (Å²) in [5.74, 6) is -2.09. The Morgan fingerprint density at radius 2 is 2.12 bits per heavy atom. The number of carbonyl (C=O) groups excluding carboxylic acids is 1. The molecule has 0 aromatic heterocycles. The first-order chi connectivity index (χ1) is 12.0. The summed E-state index contributed by atoms with van der Waals surface area (Å²) in [6.07, 6.45) is 7.76. The van der Waals surface area contributed by atoms with Crippen LogP contribution >= 0.6 is 0 Å². The third kappa shape index (κ3) is 3.14. The Labute approximate surface area is 147 Å². The molecule has 0 saturated carbocycles. The average molecular weight is 349 g/mol. The minimum atomic E-state index is -0.963. The van der Waals surface area contributed by atoms with Crippen molar-refractivity contribution in [3.8, 4) is 0 Å². The number of piperidine rings is 2. The highest BCUT2D eigenvalue weighted by molar-refractivity contribution is 5.89.